The van der Waals surface area contributed by atoms with Crippen LogP contribution in [-0.4, -0.2) is 15.6 Å². The molecule has 0 heterocycles. The maximum Gasteiger partial charge on any atom is 0.0949 e. The Hall–Kier alpha value is -1.88. The first-order chi connectivity index (χ1) is 12.6. The van der Waals surface area contributed by atoms with Gasteiger partial charge in [-0.05, 0) is 42.5 Å². The van der Waals surface area contributed by atoms with E-state index in [1.165, 1.54) is 0 Å². The molecule has 3 rings (SSSR count). The molecular formula is C22H22O2S2. The predicted octanol–water partition coefficient (Wildman–Crippen LogP) is 5.30. The van der Waals surface area contributed by atoms with Crippen LogP contribution in [0.4, 0.5) is 0 Å². The second-order valence-electron chi connectivity index (χ2n) is 6.13. The Labute approximate surface area is 161 Å². The van der Waals surface area contributed by atoms with E-state index < -0.39 is 16.9 Å². The van der Waals surface area contributed by atoms with E-state index in [1.807, 2.05) is 92.0 Å². The van der Waals surface area contributed by atoms with Crippen LogP contribution in [0.25, 0.3) is 0 Å². The van der Waals surface area contributed by atoms with Crippen molar-refractivity contribution < 1.29 is 9.32 Å². The molecule has 0 aromatic heterocycles. The molecule has 0 saturated heterocycles. The van der Waals surface area contributed by atoms with E-state index in [0.29, 0.717) is 0 Å². The molecule has 0 bridgehead atoms. The molecule has 3 atom stereocenters. The summed E-state index contributed by atoms with van der Waals surface area (Å²) in [5, 5.41) is 10.7. The summed E-state index contributed by atoms with van der Waals surface area (Å²) in [4.78, 5) is 1.53. The van der Waals surface area contributed by atoms with Crippen LogP contribution in [0.5, 0.6) is 0 Å². The number of rotatable bonds is 6. The predicted molar refractivity (Wildman–Crippen MR) is 110 cm³/mol. The molecule has 0 aliphatic rings. The molecule has 134 valence electrons. The number of aliphatic hydroxyl groups excluding tert-OH is 1. The smallest absolute Gasteiger partial charge is 0.0949 e. The molecule has 0 spiro atoms. The van der Waals surface area contributed by atoms with E-state index in [9.17, 15) is 9.32 Å². The first kappa shape index (κ1) is 18.9. The fourth-order valence-corrected chi connectivity index (χ4v) is 5.12. The van der Waals surface area contributed by atoms with Gasteiger partial charge in [-0.25, -0.2) is 4.21 Å². The highest BCUT2D eigenvalue weighted by atomic mass is 32.2. The molecular weight excluding hydrogens is 360 g/mol. The van der Waals surface area contributed by atoms with Crippen LogP contribution < -0.4 is 0 Å². The first-order valence-electron chi connectivity index (χ1n) is 8.45. The van der Waals surface area contributed by atoms with Crippen LogP contribution in [0.15, 0.2) is 88.7 Å². The highest BCUT2D eigenvalue weighted by Crippen LogP contribution is 2.41. The fraction of sp³-hybridized carbons (Fsp3) is 0.182. The average Bonchev–Trinajstić information content (AvgIpc) is 2.69. The highest BCUT2D eigenvalue weighted by Gasteiger charge is 2.26. The Kier molecular flexibility index (Phi) is 6.30. The third-order valence-electron chi connectivity index (χ3n) is 4.34. The summed E-state index contributed by atoms with van der Waals surface area (Å²) in [6.07, 6.45) is 1.31. The maximum atomic E-state index is 13.2. The van der Waals surface area contributed by atoms with Crippen molar-refractivity contribution >= 4 is 22.6 Å². The number of hydrogen-bond donors (Lipinski definition) is 1. The van der Waals surface area contributed by atoms with Gasteiger partial charge in [-0.2, -0.15) is 11.8 Å². The summed E-state index contributed by atoms with van der Waals surface area (Å²) in [5.74, 6) is 0. The minimum Gasteiger partial charge on any atom is -0.387 e. The summed E-state index contributed by atoms with van der Waals surface area (Å²) in [6, 6.07) is 25.1. The largest absolute Gasteiger partial charge is 0.387 e. The first-order valence-corrected chi connectivity index (χ1v) is 10.9. The van der Waals surface area contributed by atoms with Gasteiger partial charge in [-0.3, -0.25) is 0 Å². The molecule has 0 aliphatic heterocycles. The lowest BCUT2D eigenvalue weighted by Crippen LogP contribution is -2.10. The summed E-state index contributed by atoms with van der Waals surface area (Å²) in [5.41, 5.74) is 2.92. The van der Waals surface area contributed by atoms with Crippen LogP contribution in [0, 0.1) is 6.92 Å². The third kappa shape index (κ3) is 4.09. The van der Waals surface area contributed by atoms with E-state index in [-0.39, 0.29) is 5.25 Å². The van der Waals surface area contributed by atoms with Crippen molar-refractivity contribution in [2.45, 2.75) is 28.1 Å². The van der Waals surface area contributed by atoms with Gasteiger partial charge in [0.15, 0.2) is 0 Å². The number of thioether (sulfide) groups is 1. The maximum absolute atomic E-state index is 13.2. The Morgan fingerprint density at radius 3 is 2.15 bits per heavy atom. The summed E-state index contributed by atoms with van der Waals surface area (Å²) < 4.78 is 13.2. The number of hydrogen-bond acceptors (Lipinski definition) is 3. The molecule has 1 N–H and O–H groups in total. The lowest BCUT2D eigenvalue weighted by Gasteiger charge is -2.24. The Bertz CT molecular complexity index is 876. The molecule has 26 heavy (non-hydrogen) atoms. The van der Waals surface area contributed by atoms with Crippen molar-refractivity contribution in [3.63, 3.8) is 0 Å². The Morgan fingerprint density at radius 1 is 0.885 bits per heavy atom. The zero-order valence-corrected chi connectivity index (χ0v) is 16.5. The number of benzene rings is 3. The third-order valence-corrected chi connectivity index (χ3v) is 6.83. The number of aryl methyl sites for hydroxylation is 1. The fourth-order valence-electron chi connectivity index (χ4n) is 2.92. The standard InChI is InChI=1S/C22H22O2S2/c1-16-12-14-18(15-13-16)26(24)20-11-7-6-10-19(20)22(25-2)21(23)17-8-4-3-5-9-17/h3-15,21-23H,1-2H3/t21?,22-,26+/m1/s1. The second-order valence-corrected chi connectivity index (χ2v) is 8.56. The van der Waals surface area contributed by atoms with Gasteiger partial charge in [0.2, 0.25) is 0 Å². The molecule has 0 saturated carbocycles. The van der Waals surface area contributed by atoms with Crippen LogP contribution in [0.1, 0.15) is 28.0 Å². The van der Waals surface area contributed by atoms with Gasteiger partial charge in [0, 0.05) is 9.79 Å². The van der Waals surface area contributed by atoms with Gasteiger partial charge < -0.3 is 5.11 Å². The van der Waals surface area contributed by atoms with E-state index in [1.54, 1.807) is 11.8 Å². The lowest BCUT2D eigenvalue weighted by atomic mass is 10.0. The molecule has 0 radical (unpaired) electrons. The topological polar surface area (TPSA) is 37.3 Å². The molecule has 0 amide bonds. The minimum atomic E-state index is -1.29. The van der Waals surface area contributed by atoms with Crippen molar-refractivity contribution in [2.24, 2.45) is 0 Å². The Morgan fingerprint density at radius 2 is 1.50 bits per heavy atom. The molecule has 0 aliphatic carbocycles. The van der Waals surface area contributed by atoms with Gasteiger partial charge in [-0.1, -0.05) is 66.2 Å². The monoisotopic (exact) mass is 382 g/mol. The molecule has 3 aromatic rings. The second kappa shape index (κ2) is 8.67. The minimum absolute atomic E-state index is 0.192. The molecule has 3 aromatic carbocycles. The van der Waals surface area contributed by atoms with Gasteiger partial charge in [-0.15, -0.1) is 0 Å². The Balaban J connectivity index is 1.99. The van der Waals surface area contributed by atoms with Crippen LogP contribution >= 0.6 is 11.8 Å². The van der Waals surface area contributed by atoms with Crippen molar-refractivity contribution in [3.8, 4) is 0 Å². The van der Waals surface area contributed by atoms with Crippen molar-refractivity contribution in [1.29, 1.82) is 0 Å². The van der Waals surface area contributed by atoms with Crippen molar-refractivity contribution in [1.82, 2.24) is 0 Å². The van der Waals surface area contributed by atoms with Crippen molar-refractivity contribution in [3.05, 3.63) is 95.6 Å². The highest BCUT2D eigenvalue weighted by molar-refractivity contribution is 7.98. The van der Waals surface area contributed by atoms with Gasteiger partial charge in [0.1, 0.15) is 0 Å². The zero-order valence-electron chi connectivity index (χ0n) is 14.8. The molecule has 0 fully saturated rings. The molecule has 2 nitrogen and oxygen atoms in total. The normalized spacial score (nSPS) is 14.6. The van der Waals surface area contributed by atoms with E-state index in [0.717, 1.165) is 26.5 Å². The van der Waals surface area contributed by atoms with Crippen LogP contribution in [0.2, 0.25) is 0 Å². The summed E-state index contributed by atoms with van der Waals surface area (Å²) >= 11 is 1.57. The van der Waals surface area contributed by atoms with Gasteiger partial charge >= 0.3 is 0 Å². The van der Waals surface area contributed by atoms with Gasteiger partial charge in [0.05, 0.1) is 22.2 Å². The van der Waals surface area contributed by atoms with Crippen molar-refractivity contribution in [2.75, 3.05) is 6.26 Å². The zero-order chi connectivity index (χ0) is 18.5. The molecule has 1 unspecified atom stereocenters. The van der Waals surface area contributed by atoms with Crippen LogP contribution in [0.3, 0.4) is 0 Å². The summed E-state index contributed by atoms with van der Waals surface area (Å²) in [6.45, 7) is 2.01. The van der Waals surface area contributed by atoms with Gasteiger partial charge in [0.25, 0.3) is 0 Å². The summed E-state index contributed by atoms with van der Waals surface area (Å²) in [7, 11) is -1.29. The van der Waals surface area contributed by atoms with E-state index in [2.05, 4.69) is 0 Å². The lowest BCUT2D eigenvalue weighted by molar-refractivity contribution is 0.174. The van der Waals surface area contributed by atoms with E-state index >= 15 is 0 Å². The number of aliphatic hydroxyl groups is 1. The quantitative estimate of drug-likeness (QED) is 0.629. The van der Waals surface area contributed by atoms with E-state index in [4.69, 9.17) is 0 Å². The molecule has 4 heteroatoms. The SMILES string of the molecule is CS[C@H](c1ccccc1[S@@](=O)c1ccc(C)cc1)C(O)c1ccccc1. The average molecular weight is 383 g/mol. The van der Waals surface area contributed by atoms with Crippen LogP contribution in [-0.2, 0) is 10.8 Å².